The van der Waals surface area contributed by atoms with Gasteiger partial charge in [-0.1, -0.05) is 24.3 Å². The molecule has 6 heteroatoms. The van der Waals surface area contributed by atoms with Crippen LogP contribution < -0.4 is 10.6 Å². The number of morpholine rings is 1. The lowest BCUT2D eigenvalue weighted by molar-refractivity contribution is -0.122. The largest absolute Gasteiger partial charge is 0.392 e. The van der Waals surface area contributed by atoms with Gasteiger partial charge in [-0.3, -0.25) is 4.79 Å². The van der Waals surface area contributed by atoms with Gasteiger partial charge in [0.1, 0.15) is 0 Å². The van der Waals surface area contributed by atoms with Gasteiger partial charge in [0.15, 0.2) is 0 Å². The lowest BCUT2D eigenvalue weighted by Crippen LogP contribution is -2.44. The molecule has 1 fully saturated rings. The Morgan fingerprint density at radius 2 is 2.25 bits per heavy atom. The molecule has 1 aliphatic heterocycles. The van der Waals surface area contributed by atoms with Gasteiger partial charge in [-0.25, -0.2) is 0 Å². The maximum atomic E-state index is 11.8. The first-order valence-electron chi connectivity index (χ1n) is 6.54. The second kappa shape index (κ2) is 8.92. The van der Waals surface area contributed by atoms with Crippen LogP contribution in [0.5, 0.6) is 0 Å². The highest BCUT2D eigenvalue weighted by Gasteiger charge is 2.16. The van der Waals surface area contributed by atoms with Crippen LogP contribution in [0.4, 0.5) is 0 Å². The van der Waals surface area contributed by atoms with Gasteiger partial charge in [-0.05, 0) is 11.1 Å². The van der Waals surface area contributed by atoms with Crippen molar-refractivity contribution >= 4 is 18.3 Å². The third kappa shape index (κ3) is 5.46. The summed E-state index contributed by atoms with van der Waals surface area (Å²) >= 11 is 0. The van der Waals surface area contributed by atoms with E-state index in [1.54, 1.807) is 0 Å². The van der Waals surface area contributed by atoms with Gasteiger partial charge >= 0.3 is 0 Å². The number of hydrogen-bond donors (Lipinski definition) is 3. The van der Waals surface area contributed by atoms with Gasteiger partial charge in [0.2, 0.25) is 5.91 Å². The van der Waals surface area contributed by atoms with E-state index in [1.165, 1.54) is 0 Å². The van der Waals surface area contributed by atoms with Crippen LogP contribution >= 0.6 is 12.4 Å². The van der Waals surface area contributed by atoms with E-state index in [4.69, 9.17) is 9.84 Å². The highest BCUT2D eigenvalue weighted by molar-refractivity contribution is 5.85. The SMILES string of the molecule is Cl.O=C(CC1COCCN1)NCc1cccc(CO)c1. The number of aliphatic hydroxyl groups excluding tert-OH is 1. The summed E-state index contributed by atoms with van der Waals surface area (Å²) in [5, 5.41) is 15.2. The number of carbonyl (C=O) groups is 1. The number of ether oxygens (including phenoxy) is 1. The molecule has 1 amide bonds. The summed E-state index contributed by atoms with van der Waals surface area (Å²) in [5.41, 5.74) is 1.85. The number of halogens is 1. The van der Waals surface area contributed by atoms with Crippen LogP contribution in [0.1, 0.15) is 17.5 Å². The monoisotopic (exact) mass is 300 g/mol. The second-order valence-corrected chi connectivity index (χ2v) is 4.68. The summed E-state index contributed by atoms with van der Waals surface area (Å²) in [7, 11) is 0. The van der Waals surface area contributed by atoms with Crippen molar-refractivity contribution in [1.29, 1.82) is 0 Å². The van der Waals surface area contributed by atoms with E-state index in [0.29, 0.717) is 26.2 Å². The number of rotatable bonds is 5. The van der Waals surface area contributed by atoms with Crippen molar-refractivity contribution < 1.29 is 14.6 Å². The Hall–Kier alpha value is -1.14. The fourth-order valence-corrected chi connectivity index (χ4v) is 2.09. The standard InChI is InChI=1S/C14H20N2O3.ClH/c17-9-12-3-1-2-11(6-12)8-16-14(18)7-13-10-19-5-4-15-13;/h1-3,6,13,15,17H,4-5,7-10H2,(H,16,18);1H. The maximum absolute atomic E-state index is 11.8. The topological polar surface area (TPSA) is 70.6 Å². The van der Waals surface area contributed by atoms with E-state index in [9.17, 15) is 4.79 Å². The molecular weight excluding hydrogens is 280 g/mol. The lowest BCUT2D eigenvalue weighted by atomic mass is 10.1. The molecule has 5 nitrogen and oxygen atoms in total. The Morgan fingerprint density at radius 1 is 1.45 bits per heavy atom. The van der Waals surface area contributed by atoms with Gasteiger partial charge in [-0.2, -0.15) is 0 Å². The van der Waals surface area contributed by atoms with Gasteiger partial charge in [0, 0.05) is 25.6 Å². The molecule has 20 heavy (non-hydrogen) atoms. The minimum atomic E-state index is 0. The fraction of sp³-hybridized carbons (Fsp3) is 0.500. The van der Waals surface area contributed by atoms with E-state index in [2.05, 4.69) is 10.6 Å². The minimum absolute atomic E-state index is 0. The Kier molecular flexibility index (Phi) is 7.54. The van der Waals surface area contributed by atoms with Crippen LogP contribution in [0.25, 0.3) is 0 Å². The van der Waals surface area contributed by atoms with Crippen molar-refractivity contribution in [1.82, 2.24) is 10.6 Å². The summed E-state index contributed by atoms with van der Waals surface area (Å²) in [6.07, 6.45) is 0.430. The Labute approximate surface area is 125 Å². The molecule has 0 spiro atoms. The fourth-order valence-electron chi connectivity index (χ4n) is 2.09. The number of benzene rings is 1. The minimum Gasteiger partial charge on any atom is -0.392 e. The van der Waals surface area contributed by atoms with Gasteiger partial charge in [0.05, 0.1) is 19.8 Å². The second-order valence-electron chi connectivity index (χ2n) is 4.68. The molecule has 2 rings (SSSR count). The zero-order valence-corrected chi connectivity index (χ0v) is 12.1. The van der Waals surface area contributed by atoms with Gasteiger partial charge < -0.3 is 20.5 Å². The van der Waals surface area contributed by atoms with Crippen molar-refractivity contribution in [2.24, 2.45) is 0 Å². The van der Waals surface area contributed by atoms with E-state index in [1.807, 2.05) is 24.3 Å². The summed E-state index contributed by atoms with van der Waals surface area (Å²) in [6, 6.07) is 7.67. The summed E-state index contributed by atoms with van der Waals surface area (Å²) in [6.45, 7) is 2.61. The molecule has 1 aromatic rings. The number of hydrogen-bond acceptors (Lipinski definition) is 4. The van der Waals surface area contributed by atoms with Gasteiger partial charge in [-0.15, -0.1) is 12.4 Å². The Bertz CT molecular complexity index is 423. The zero-order chi connectivity index (χ0) is 13.5. The summed E-state index contributed by atoms with van der Waals surface area (Å²) in [4.78, 5) is 11.8. The molecule has 1 aliphatic rings. The molecule has 1 saturated heterocycles. The number of amides is 1. The third-order valence-corrected chi connectivity index (χ3v) is 3.09. The first-order valence-corrected chi connectivity index (χ1v) is 6.54. The lowest BCUT2D eigenvalue weighted by Gasteiger charge is -2.23. The number of aliphatic hydroxyl groups is 1. The van der Waals surface area contributed by atoms with Crippen molar-refractivity contribution in [3.8, 4) is 0 Å². The molecule has 1 aromatic carbocycles. The maximum Gasteiger partial charge on any atom is 0.221 e. The van der Waals surface area contributed by atoms with E-state index in [-0.39, 0.29) is 31.0 Å². The predicted octanol–water partition coefficient (Wildman–Crippen LogP) is 0.595. The average molecular weight is 301 g/mol. The molecular formula is C14H21ClN2O3. The van der Waals surface area contributed by atoms with Crippen LogP contribution in [0, 0.1) is 0 Å². The zero-order valence-electron chi connectivity index (χ0n) is 11.3. The van der Waals surface area contributed by atoms with Gasteiger partial charge in [0.25, 0.3) is 0 Å². The third-order valence-electron chi connectivity index (χ3n) is 3.09. The van der Waals surface area contributed by atoms with Crippen LogP contribution in [0.15, 0.2) is 24.3 Å². The highest BCUT2D eigenvalue weighted by atomic mass is 35.5. The first-order chi connectivity index (χ1) is 9.28. The molecule has 112 valence electrons. The molecule has 0 saturated carbocycles. The van der Waals surface area contributed by atoms with E-state index >= 15 is 0 Å². The molecule has 1 atom stereocenters. The molecule has 1 unspecified atom stereocenters. The first kappa shape index (κ1) is 16.9. The molecule has 1 heterocycles. The summed E-state index contributed by atoms with van der Waals surface area (Å²) in [5.74, 6) is 0.0115. The smallest absolute Gasteiger partial charge is 0.221 e. The van der Waals surface area contributed by atoms with Crippen molar-refractivity contribution in [2.75, 3.05) is 19.8 Å². The molecule has 3 N–H and O–H groups in total. The van der Waals surface area contributed by atoms with E-state index < -0.39 is 0 Å². The van der Waals surface area contributed by atoms with E-state index in [0.717, 1.165) is 17.7 Å². The quantitative estimate of drug-likeness (QED) is 0.744. The molecule has 0 radical (unpaired) electrons. The van der Waals surface area contributed by atoms with Crippen LogP contribution in [-0.4, -0.2) is 36.8 Å². The Morgan fingerprint density at radius 3 is 2.95 bits per heavy atom. The van der Waals surface area contributed by atoms with Crippen molar-refractivity contribution in [3.05, 3.63) is 35.4 Å². The number of carbonyl (C=O) groups excluding carboxylic acids is 1. The van der Waals surface area contributed by atoms with Crippen molar-refractivity contribution in [3.63, 3.8) is 0 Å². The number of nitrogens with one attached hydrogen (secondary N) is 2. The van der Waals surface area contributed by atoms with Crippen LogP contribution in [0.2, 0.25) is 0 Å². The molecule has 0 aliphatic carbocycles. The van der Waals surface area contributed by atoms with Crippen molar-refractivity contribution in [2.45, 2.75) is 25.6 Å². The average Bonchev–Trinajstić information content (AvgIpc) is 2.46. The predicted molar refractivity (Wildman–Crippen MR) is 78.7 cm³/mol. The van der Waals surface area contributed by atoms with Crippen LogP contribution in [-0.2, 0) is 22.7 Å². The Balaban J connectivity index is 0.00000200. The summed E-state index contributed by atoms with van der Waals surface area (Å²) < 4.78 is 5.31. The molecule has 0 aromatic heterocycles. The molecule has 0 bridgehead atoms. The van der Waals surface area contributed by atoms with Crippen LogP contribution in [0.3, 0.4) is 0 Å². The highest BCUT2D eigenvalue weighted by Crippen LogP contribution is 2.05. The normalized spacial score (nSPS) is 18.1.